The maximum absolute atomic E-state index is 12.7. The first-order chi connectivity index (χ1) is 12.2. The van der Waals surface area contributed by atoms with Crippen molar-refractivity contribution in [3.8, 4) is 0 Å². The van der Waals surface area contributed by atoms with E-state index in [1.54, 1.807) is 0 Å². The minimum atomic E-state index is -0.596. The van der Waals surface area contributed by atoms with Crippen molar-refractivity contribution in [2.75, 3.05) is 6.61 Å². The average Bonchev–Trinajstić information content (AvgIpc) is 3.17. The van der Waals surface area contributed by atoms with E-state index in [2.05, 4.69) is 5.32 Å². The molecule has 0 aromatic heterocycles. The molecule has 0 spiro atoms. The standard InChI is InChI=1S/C21H23NO3/c23-19(22-15-17-9-3-1-4-10-17)16-25-20(24)21(13-7-8-14-21)18-11-5-2-6-12-18/h1-6,9-12H,7-8,13-16H2,(H,22,23). The van der Waals surface area contributed by atoms with E-state index in [-0.39, 0.29) is 18.5 Å². The summed E-state index contributed by atoms with van der Waals surface area (Å²) in [7, 11) is 0. The summed E-state index contributed by atoms with van der Waals surface area (Å²) in [6.07, 6.45) is 3.57. The molecule has 0 aliphatic heterocycles. The monoisotopic (exact) mass is 337 g/mol. The summed E-state index contributed by atoms with van der Waals surface area (Å²) >= 11 is 0. The van der Waals surface area contributed by atoms with E-state index in [1.807, 2.05) is 60.7 Å². The molecule has 25 heavy (non-hydrogen) atoms. The lowest BCUT2D eigenvalue weighted by atomic mass is 9.79. The highest BCUT2D eigenvalue weighted by Crippen LogP contribution is 2.42. The molecule has 1 aliphatic rings. The van der Waals surface area contributed by atoms with Gasteiger partial charge in [-0.15, -0.1) is 0 Å². The Hall–Kier alpha value is -2.62. The summed E-state index contributed by atoms with van der Waals surface area (Å²) in [5.41, 5.74) is 1.40. The van der Waals surface area contributed by atoms with Gasteiger partial charge in [0.1, 0.15) is 0 Å². The number of carbonyl (C=O) groups excluding carboxylic acids is 2. The van der Waals surface area contributed by atoms with Crippen LogP contribution in [0.5, 0.6) is 0 Å². The Balaban J connectivity index is 1.56. The number of rotatable bonds is 6. The third-order valence-electron chi connectivity index (χ3n) is 4.84. The smallest absolute Gasteiger partial charge is 0.317 e. The number of benzene rings is 2. The summed E-state index contributed by atoms with van der Waals surface area (Å²) in [6, 6.07) is 19.4. The van der Waals surface area contributed by atoms with E-state index < -0.39 is 5.41 Å². The molecule has 3 rings (SSSR count). The van der Waals surface area contributed by atoms with Crippen LogP contribution in [-0.4, -0.2) is 18.5 Å². The lowest BCUT2D eigenvalue weighted by Crippen LogP contribution is -2.37. The summed E-state index contributed by atoms with van der Waals surface area (Å²) in [4.78, 5) is 24.7. The molecule has 1 amide bonds. The fourth-order valence-corrected chi connectivity index (χ4v) is 3.46. The molecule has 1 saturated carbocycles. The average molecular weight is 337 g/mol. The minimum Gasteiger partial charge on any atom is -0.455 e. The van der Waals surface area contributed by atoms with E-state index >= 15 is 0 Å². The van der Waals surface area contributed by atoms with Crippen LogP contribution < -0.4 is 5.32 Å². The maximum Gasteiger partial charge on any atom is 0.317 e. The molecule has 0 unspecified atom stereocenters. The normalized spacial score (nSPS) is 15.5. The zero-order valence-electron chi connectivity index (χ0n) is 14.2. The van der Waals surface area contributed by atoms with Crippen molar-refractivity contribution in [2.24, 2.45) is 0 Å². The first-order valence-corrected chi connectivity index (χ1v) is 8.74. The van der Waals surface area contributed by atoms with Gasteiger partial charge in [0.2, 0.25) is 0 Å². The molecule has 130 valence electrons. The quantitative estimate of drug-likeness (QED) is 0.823. The van der Waals surface area contributed by atoms with Gasteiger partial charge in [0, 0.05) is 6.54 Å². The van der Waals surface area contributed by atoms with Gasteiger partial charge in [-0.25, -0.2) is 0 Å². The van der Waals surface area contributed by atoms with E-state index in [0.29, 0.717) is 6.54 Å². The summed E-state index contributed by atoms with van der Waals surface area (Å²) in [5, 5.41) is 2.78. The molecule has 1 N–H and O–H groups in total. The van der Waals surface area contributed by atoms with Gasteiger partial charge < -0.3 is 10.1 Å². The van der Waals surface area contributed by atoms with Gasteiger partial charge in [-0.05, 0) is 24.0 Å². The molecule has 4 heteroatoms. The van der Waals surface area contributed by atoms with Gasteiger partial charge >= 0.3 is 5.97 Å². The van der Waals surface area contributed by atoms with Gasteiger partial charge in [-0.2, -0.15) is 0 Å². The Morgan fingerprint density at radius 1 is 0.920 bits per heavy atom. The predicted molar refractivity (Wildman–Crippen MR) is 95.8 cm³/mol. The minimum absolute atomic E-state index is 0.236. The molecular formula is C21H23NO3. The van der Waals surface area contributed by atoms with Crippen LogP contribution in [0.25, 0.3) is 0 Å². The molecule has 1 fully saturated rings. The SMILES string of the molecule is O=C(COC(=O)C1(c2ccccc2)CCCC1)NCc1ccccc1. The maximum atomic E-state index is 12.7. The lowest BCUT2D eigenvalue weighted by molar-refractivity contribution is -0.154. The highest BCUT2D eigenvalue weighted by Gasteiger charge is 2.44. The van der Waals surface area contributed by atoms with Crippen molar-refractivity contribution in [3.05, 3.63) is 71.8 Å². The predicted octanol–water partition coefficient (Wildman–Crippen LogP) is 3.36. The van der Waals surface area contributed by atoms with Crippen LogP contribution in [0.4, 0.5) is 0 Å². The molecule has 2 aromatic rings. The lowest BCUT2D eigenvalue weighted by Gasteiger charge is -2.27. The first kappa shape index (κ1) is 17.2. The number of hydrogen-bond acceptors (Lipinski definition) is 3. The topological polar surface area (TPSA) is 55.4 Å². The van der Waals surface area contributed by atoms with Crippen LogP contribution in [0.3, 0.4) is 0 Å². The second-order valence-corrected chi connectivity index (χ2v) is 6.49. The third-order valence-corrected chi connectivity index (χ3v) is 4.84. The number of carbonyl (C=O) groups is 2. The van der Waals surface area contributed by atoms with E-state index in [1.165, 1.54) is 0 Å². The van der Waals surface area contributed by atoms with Crippen LogP contribution in [-0.2, 0) is 26.3 Å². The zero-order valence-corrected chi connectivity index (χ0v) is 14.2. The van der Waals surface area contributed by atoms with E-state index in [9.17, 15) is 9.59 Å². The molecule has 0 bridgehead atoms. The van der Waals surface area contributed by atoms with Gasteiger partial charge in [-0.1, -0.05) is 73.5 Å². The number of ether oxygens (including phenoxy) is 1. The first-order valence-electron chi connectivity index (χ1n) is 8.74. The van der Waals surface area contributed by atoms with Gasteiger partial charge in [0.15, 0.2) is 6.61 Å². The molecule has 2 aromatic carbocycles. The number of nitrogens with one attached hydrogen (secondary N) is 1. The van der Waals surface area contributed by atoms with Crippen molar-refractivity contribution in [3.63, 3.8) is 0 Å². The van der Waals surface area contributed by atoms with Gasteiger partial charge in [0.05, 0.1) is 5.41 Å². The number of hydrogen-bond donors (Lipinski definition) is 1. The van der Waals surface area contributed by atoms with Crippen molar-refractivity contribution in [2.45, 2.75) is 37.6 Å². The van der Waals surface area contributed by atoms with Crippen LogP contribution in [0.15, 0.2) is 60.7 Å². The molecule has 0 saturated heterocycles. The fraction of sp³-hybridized carbons (Fsp3) is 0.333. The number of amides is 1. The Labute approximate surface area is 148 Å². The largest absolute Gasteiger partial charge is 0.455 e. The van der Waals surface area contributed by atoms with Gasteiger partial charge in [0.25, 0.3) is 5.91 Å². The Bertz CT molecular complexity index is 706. The van der Waals surface area contributed by atoms with Crippen molar-refractivity contribution >= 4 is 11.9 Å². The van der Waals surface area contributed by atoms with E-state index in [4.69, 9.17) is 4.74 Å². The second-order valence-electron chi connectivity index (χ2n) is 6.49. The summed E-state index contributed by atoms with van der Waals surface area (Å²) in [6.45, 7) is 0.196. The molecular weight excluding hydrogens is 314 g/mol. The molecule has 1 aliphatic carbocycles. The second kappa shape index (κ2) is 7.97. The number of esters is 1. The molecule has 0 atom stereocenters. The van der Waals surface area contributed by atoms with Crippen LogP contribution in [0, 0.1) is 0 Å². The summed E-state index contributed by atoms with van der Waals surface area (Å²) in [5.74, 6) is -0.565. The fourth-order valence-electron chi connectivity index (χ4n) is 3.46. The summed E-state index contributed by atoms with van der Waals surface area (Å²) < 4.78 is 5.38. The molecule has 0 radical (unpaired) electrons. The van der Waals surface area contributed by atoms with Gasteiger partial charge in [-0.3, -0.25) is 9.59 Å². The highest BCUT2D eigenvalue weighted by atomic mass is 16.5. The van der Waals surface area contributed by atoms with E-state index in [0.717, 1.165) is 36.8 Å². The van der Waals surface area contributed by atoms with Crippen LogP contribution >= 0.6 is 0 Å². The highest BCUT2D eigenvalue weighted by molar-refractivity contribution is 5.86. The van der Waals surface area contributed by atoms with Crippen LogP contribution in [0.2, 0.25) is 0 Å². The van der Waals surface area contributed by atoms with Crippen LogP contribution in [0.1, 0.15) is 36.8 Å². The van der Waals surface area contributed by atoms with Crippen molar-refractivity contribution in [1.82, 2.24) is 5.32 Å². The third kappa shape index (κ3) is 4.08. The Kier molecular flexibility index (Phi) is 5.49. The van der Waals surface area contributed by atoms with Crippen molar-refractivity contribution < 1.29 is 14.3 Å². The Morgan fingerprint density at radius 3 is 2.16 bits per heavy atom. The molecule has 4 nitrogen and oxygen atoms in total. The van der Waals surface area contributed by atoms with Crippen molar-refractivity contribution in [1.29, 1.82) is 0 Å². The molecule has 0 heterocycles. The Morgan fingerprint density at radius 2 is 1.52 bits per heavy atom. The zero-order chi connectivity index (χ0) is 17.5.